The lowest BCUT2D eigenvalue weighted by atomic mass is 9.85. The molecule has 0 fully saturated rings. The molecule has 0 nitrogen and oxygen atoms in total. The van der Waals surface area contributed by atoms with Gasteiger partial charge in [0.25, 0.3) is 0 Å². The highest BCUT2D eigenvalue weighted by Crippen LogP contribution is 2.29. The number of hydrogen-bond donors (Lipinski definition) is 0. The lowest BCUT2D eigenvalue weighted by Crippen LogP contribution is -2.05. The minimum atomic E-state index is 1.24. The Bertz CT molecular complexity index is 440. The topological polar surface area (TPSA) is 0 Å². The molecule has 0 aliphatic rings. The van der Waals surface area contributed by atoms with E-state index in [1.807, 2.05) is 0 Å². The highest BCUT2D eigenvalue weighted by Gasteiger charge is 2.13. The van der Waals surface area contributed by atoms with Gasteiger partial charge in [-0.05, 0) is 80.3 Å². The first-order chi connectivity index (χ1) is 10.0. The molecule has 0 saturated heterocycles. The van der Waals surface area contributed by atoms with Gasteiger partial charge < -0.3 is 0 Å². The summed E-state index contributed by atoms with van der Waals surface area (Å²) in [5.74, 6) is 0. The van der Waals surface area contributed by atoms with Crippen LogP contribution in [0.1, 0.15) is 92.2 Å². The Labute approximate surface area is 133 Å². The molecule has 0 spiro atoms. The van der Waals surface area contributed by atoms with Crippen LogP contribution in [0.4, 0.5) is 0 Å². The molecule has 1 aromatic carbocycles. The Balaban J connectivity index is 2.77. The molecular formula is C21H36. The molecule has 0 aromatic heterocycles. The minimum absolute atomic E-state index is 1.24. The molecule has 21 heavy (non-hydrogen) atoms. The summed E-state index contributed by atoms with van der Waals surface area (Å²) in [6.07, 6.45) is 12.1. The first kappa shape index (κ1) is 18.3. The molecule has 0 atom stereocenters. The summed E-state index contributed by atoms with van der Waals surface area (Å²) >= 11 is 0. The zero-order valence-electron chi connectivity index (χ0n) is 15.4. The van der Waals surface area contributed by atoms with Crippen LogP contribution in [0.2, 0.25) is 0 Å². The lowest BCUT2D eigenvalue weighted by Gasteiger charge is -2.20. The van der Waals surface area contributed by atoms with E-state index in [9.17, 15) is 0 Å². The third kappa shape index (κ3) is 4.87. The number of unbranched alkanes of at least 4 members (excludes halogenated alkanes) is 5. The number of rotatable bonds is 9. The largest absolute Gasteiger partial charge is 0.0654 e. The van der Waals surface area contributed by atoms with Gasteiger partial charge in [0.15, 0.2) is 0 Å². The van der Waals surface area contributed by atoms with E-state index in [2.05, 4.69) is 41.5 Å². The van der Waals surface area contributed by atoms with Crippen molar-refractivity contribution in [2.24, 2.45) is 0 Å². The van der Waals surface area contributed by atoms with Gasteiger partial charge in [-0.15, -0.1) is 0 Å². The van der Waals surface area contributed by atoms with E-state index in [0.717, 1.165) is 0 Å². The van der Waals surface area contributed by atoms with E-state index >= 15 is 0 Å². The van der Waals surface area contributed by atoms with Crippen LogP contribution in [0.3, 0.4) is 0 Å². The fourth-order valence-corrected chi connectivity index (χ4v) is 3.56. The van der Waals surface area contributed by atoms with Gasteiger partial charge in [0.05, 0.1) is 0 Å². The summed E-state index contributed by atoms with van der Waals surface area (Å²) in [6.45, 7) is 13.9. The van der Waals surface area contributed by atoms with Crippen molar-refractivity contribution in [1.29, 1.82) is 0 Å². The van der Waals surface area contributed by atoms with E-state index in [-0.39, 0.29) is 0 Å². The van der Waals surface area contributed by atoms with Crippen molar-refractivity contribution in [2.75, 3.05) is 0 Å². The van der Waals surface area contributed by atoms with Crippen molar-refractivity contribution in [3.63, 3.8) is 0 Å². The van der Waals surface area contributed by atoms with Gasteiger partial charge in [-0.1, -0.05) is 52.4 Å². The second-order valence-electron chi connectivity index (χ2n) is 6.72. The van der Waals surface area contributed by atoms with Gasteiger partial charge in [-0.25, -0.2) is 0 Å². The average Bonchev–Trinajstić information content (AvgIpc) is 2.48. The molecule has 0 aliphatic heterocycles. The summed E-state index contributed by atoms with van der Waals surface area (Å²) < 4.78 is 0. The monoisotopic (exact) mass is 288 g/mol. The van der Waals surface area contributed by atoms with Gasteiger partial charge in [0.1, 0.15) is 0 Å². The predicted molar refractivity (Wildman–Crippen MR) is 96.5 cm³/mol. The average molecular weight is 289 g/mol. The van der Waals surface area contributed by atoms with E-state index in [0.29, 0.717) is 0 Å². The lowest BCUT2D eigenvalue weighted by molar-refractivity contribution is 0.606. The molecule has 0 bridgehead atoms. The first-order valence-corrected chi connectivity index (χ1v) is 9.12. The normalized spacial score (nSPS) is 11.1. The van der Waals surface area contributed by atoms with E-state index in [4.69, 9.17) is 0 Å². The van der Waals surface area contributed by atoms with Gasteiger partial charge in [0.2, 0.25) is 0 Å². The van der Waals surface area contributed by atoms with Crippen molar-refractivity contribution in [3.8, 4) is 0 Å². The fourth-order valence-electron chi connectivity index (χ4n) is 3.56. The standard InChI is InChI=1S/C21H36/c1-7-9-10-11-12-13-15-21-18(5)16(3)17(4)20(14-8-2)19(21)6/h7-15H2,1-6H3. The van der Waals surface area contributed by atoms with E-state index in [1.54, 1.807) is 27.8 Å². The van der Waals surface area contributed by atoms with Gasteiger partial charge in [0, 0.05) is 0 Å². The molecule has 0 aliphatic carbocycles. The van der Waals surface area contributed by atoms with Gasteiger partial charge in [-0.2, -0.15) is 0 Å². The molecule has 1 rings (SSSR count). The van der Waals surface area contributed by atoms with Crippen molar-refractivity contribution in [3.05, 3.63) is 33.4 Å². The molecule has 0 unspecified atom stereocenters. The number of benzene rings is 1. The Morgan fingerprint density at radius 3 is 1.57 bits per heavy atom. The molecule has 0 heterocycles. The summed E-state index contributed by atoms with van der Waals surface area (Å²) in [5.41, 5.74) is 9.49. The third-order valence-corrected chi connectivity index (χ3v) is 5.22. The zero-order chi connectivity index (χ0) is 15.8. The Kier molecular flexibility index (Phi) is 8.07. The summed E-state index contributed by atoms with van der Waals surface area (Å²) in [7, 11) is 0. The smallest absolute Gasteiger partial charge is 0.0273 e. The first-order valence-electron chi connectivity index (χ1n) is 9.12. The molecule has 1 aromatic rings. The second-order valence-corrected chi connectivity index (χ2v) is 6.72. The molecule has 0 radical (unpaired) electrons. The van der Waals surface area contributed by atoms with Crippen LogP contribution in [0.5, 0.6) is 0 Å². The summed E-state index contributed by atoms with van der Waals surface area (Å²) in [5, 5.41) is 0. The van der Waals surface area contributed by atoms with Crippen LogP contribution in [0.25, 0.3) is 0 Å². The van der Waals surface area contributed by atoms with Crippen LogP contribution >= 0.6 is 0 Å². The predicted octanol–water partition coefficient (Wildman–Crippen LogP) is 6.78. The van der Waals surface area contributed by atoms with Crippen LogP contribution in [-0.2, 0) is 12.8 Å². The van der Waals surface area contributed by atoms with Crippen molar-refractivity contribution < 1.29 is 0 Å². The molecule has 0 amide bonds. The van der Waals surface area contributed by atoms with Crippen molar-refractivity contribution in [1.82, 2.24) is 0 Å². The molecule has 0 N–H and O–H groups in total. The van der Waals surface area contributed by atoms with Gasteiger partial charge in [-0.3, -0.25) is 0 Å². The summed E-state index contributed by atoms with van der Waals surface area (Å²) in [4.78, 5) is 0. The summed E-state index contributed by atoms with van der Waals surface area (Å²) in [6, 6.07) is 0. The van der Waals surface area contributed by atoms with Crippen LogP contribution < -0.4 is 0 Å². The van der Waals surface area contributed by atoms with Crippen molar-refractivity contribution >= 4 is 0 Å². The second kappa shape index (κ2) is 9.28. The molecule has 0 saturated carbocycles. The highest BCUT2D eigenvalue weighted by atomic mass is 14.2. The SMILES string of the molecule is CCCCCCCCc1c(C)c(C)c(C)c(CCC)c1C. The Hall–Kier alpha value is -0.780. The molecular weight excluding hydrogens is 252 g/mol. The maximum atomic E-state index is 2.36. The maximum absolute atomic E-state index is 2.36. The zero-order valence-corrected chi connectivity index (χ0v) is 15.4. The molecule has 0 heteroatoms. The third-order valence-electron chi connectivity index (χ3n) is 5.22. The minimum Gasteiger partial charge on any atom is -0.0654 e. The van der Waals surface area contributed by atoms with Crippen LogP contribution in [-0.4, -0.2) is 0 Å². The van der Waals surface area contributed by atoms with Crippen LogP contribution in [0.15, 0.2) is 0 Å². The highest BCUT2D eigenvalue weighted by molar-refractivity contribution is 5.50. The quantitative estimate of drug-likeness (QED) is 0.439. The van der Waals surface area contributed by atoms with Gasteiger partial charge >= 0.3 is 0 Å². The number of hydrogen-bond acceptors (Lipinski definition) is 0. The fraction of sp³-hybridized carbons (Fsp3) is 0.714. The van der Waals surface area contributed by atoms with E-state index in [1.165, 1.54) is 63.4 Å². The Morgan fingerprint density at radius 2 is 1.00 bits per heavy atom. The maximum Gasteiger partial charge on any atom is -0.0273 e. The van der Waals surface area contributed by atoms with Crippen molar-refractivity contribution in [2.45, 2.75) is 99.3 Å². The molecule has 120 valence electrons. The van der Waals surface area contributed by atoms with E-state index < -0.39 is 0 Å². The Morgan fingerprint density at radius 1 is 0.476 bits per heavy atom. The van der Waals surface area contributed by atoms with Crippen LogP contribution in [0, 0.1) is 27.7 Å².